The summed E-state index contributed by atoms with van der Waals surface area (Å²) in [6.45, 7) is 2.36. The highest BCUT2D eigenvalue weighted by atomic mass is 79.9. The molecule has 0 aliphatic carbocycles. The smallest absolute Gasteiger partial charge is 0.330 e. The molecule has 0 unspecified atom stereocenters. The van der Waals surface area contributed by atoms with Crippen LogP contribution < -0.4 is 4.74 Å². The van der Waals surface area contributed by atoms with Gasteiger partial charge in [0.2, 0.25) is 0 Å². The first-order valence-corrected chi connectivity index (χ1v) is 5.69. The van der Waals surface area contributed by atoms with Crippen LogP contribution in [-0.4, -0.2) is 19.2 Å². The van der Waals surface area contributed by atoms with Gasteiger partial charge in [-0.05, 0) is 31.2 Å². The molecular weight excluding hydrogens is 272 g/mol. The molecule has 0 spiro atoms. The minimum Gasteiger partial charge on any atom is -0.490 e. The molecule has 0 aliphatic rings. The van der Waals surface area contributed by atoms with Crippen molar-refractivity contribution in [3.8, 4) is 5.75 Å². The number of carbonyl (C=O) groups is 1. The lowest BCUT2D eigenvalue weighted by molar-refractivity contribution is -0.138. The van der Waals surface area contributed by atoms with Crippen LogP contribution in [-0.2, 0) is 9.53 Å². The molecule has 16 heavy (non-hydrogen) atoms. The fraction of sp³-hybridized carbons (Fsp3) is 0.250. The van der Waals surface area contributed by atoms with Crippen LogP contribution in [0.1, 0.15) is 6.92 Å². The monoisotopic (exact) mass is 284 g/mol. The largest absolute Gasteiger partial charge is 0.490 e. The van der Waals surface area contributed by atoms with Gasteiger partial charge in [-0.1, -0.05) is 22.0 Å². The lowest BCUT2D eigenvalue weighted by atomic mass is 10.3. The molecule has 0 saturated carbocycles. The number of ether oxygens (including phenoxy) is 2. The zero-order chi connectivity index (χ0) is 11.8. The Bertz CT molecular complexity index is 357. The quantitative estimate of drug-likeness (QED) is 0.474. The van der Waals surface area contributed by atoms with E-state index < -0.39 is 0 Å². The van der Waals surface area contributed by atoms with E-state index in [-0.39, 0.29) is 12.6 Å². The van der Waals surface area contributed by atoms with Gasteiger partial charge in [-0.2, -0.15) is 0 Å². The Morgan fingerprint density at radius 2 is 2.00 bits per heavy atom. The number of benzene rings is 1. The summed E-state index contributed by atoms with van der Waals surface area (Å²) in [6.07, 6.45) is 3.01. The van der Waals surface area contributed by atoms with Gasteiger partial charge in [0, 0.05) is 10.5 Å². The minimum atomic E-state index is -0.345. The van der Waals surface area contributed by atoms with Crippen LogP contribution >= 0.6 is 15.9 Å². The maximum atomic E-state index is 10.9. The van der Waals surface area contributed by atoms with Crippen LogP contribution in [0.25, 0.3) is 0 Å². The minimum absolute atomic E-state index is 0.249. The van der Waals surface area contributed by atoms with E-state index in [1.165, 1.54) is 6.08 Å². The van der Waals surface area contributed by atoms with Crippen LogP contribution in [0.5, 0.6) is 5.75 Å². The second-order valence-corrected chi connectivity index (χ2v) is 3.89. The van der Waals surface area contributed by atoms with Crippen molar-refractivity contribution in [3.63, 3.8) is 0 Å². The first-order valence-electron chi connectivity index (χ1n) is 4.90. The molecule has 0 amide bonds. The summed E-state index contributed by atoms with van der Waals surface area (Å²) >= 11 is 3.33. The number of esters is 1. The zero-order valence-corrected chi connectivity index (χ0v) is 10.6. The molecule has 1 aromatic carbocycles. The first-order chi connectivity index (χ1) is 7.72. The summed E-state index contributed by atoms with van der Waals surface area (Å²) in [5.74, 6) is 0.409. The van der Waals surface area contributed by atoms with Crippen LogP contribution in [0.3, 0.4) is 0 Å². The average Bonchev–Trinajstić information content (AvgIpc) is 2.27. The predicted octanol–water partition coefficient (Wildman–Crippen LogP) is 2.95. The molecule has 0 fully saturated rings. The molecular formula is C12H13BrO3. The number of hydrogen-bond acceptors (Lipinski definition) is 3. The van der Waals surface area contributed by atoms with Gasteiger partial charge in [0.15, 0.2) is 0 Å². The van der Waals surface area contributed by atoms with Gasteiger partial charge in [-0.3, -0.25) is 0 Å². The molecule has 86 valence electrons. The number of rotatable bonds is 5. The Balaban J connectivity index is 2.21. The molecule has 0 bridgehead atoms. The van der Waals surface area contributed by atoms with Crippen LogP contribution in [0.4, 0.5) is 0 Å². The molecule has 0 N–H and O–H groups in total. The van der Waals surface area contributed by atoms with Crippen molar-refractivity contribution in [1.29, 1.82) is 0 Å². The summed E-state index contributed by atoms with van der Waals surface area (Å²) in [5.41, 5.74) is 0. The molecule has 0 aromatic heterocycles. The van der Waals surface area contributed by atoms with E-state index in [0.29, 0.717) is 6.61 Å². The Hall–Kier alpha value is -1.29. The number of carbonyl (C=O) groups excluding carboxylic acids is 1. The lowest BCUT2D eigenvalue weighted by Gasteiger charge is -2.06. The van der Waals surface area contributed by atoms with Gasteiger partial charge in [-0.25, -0.2) is 4.79 Å². The van der Waals surface area contributed by atoms with Crippen molar-refractivity contribution in [1.82, 2.24) is 0 Å². The molecule has 4 heteroatoms. The van der Waals surface area contributed by atoms with Gasteiger partial charge in [0.05, 0.1) is 0 Å². The molecule has 0 radical (unpaired) electrons. The highest BCUT2D eigenvalue weighted by Gasteiger charge is 1.97. The van der Waals surface area contributed by atoms with E-state index in [0.717, 1.165) is 10.2 Å². The van der Waals surface area contributed by atoms with Crippen molar-refractivity contribution in [2.75, 3.05) is 13.2 Å². The molecule has 0 aliphatic heterocycles. The van der Waals surface area contributed by atoms with Crippen molar-refractivity contribution < 1.29 is 14.3 Å². The Morgan fingerprint density at radius 3 is 2.62 bits per heavy atom. The summed E-state index contributed by atoms with van der Waals surface area (Å²) in [6, 6.07) is 7.47. The zero-order valence-electron chi connectivity index (χ0n) is 8.98. The first kappa shape index (κ1) is 12.8. The van der Waals surface area contributed by atoms with Gasteiger partial charge >= 0.3 is 5.97 Å². The lowest BCUT2D eigenvalue weighted by Crippen LogP contribution is -2.10. The predicted molar refractivity (Wildman–Crippen MR) is 65.4 cm³/mol. The van der Waals surface area contributed by atoms with Crippen molar-refractivity contribution in [2.24, 2.45) is 0 Å². The maximum absolute atomic E-state index is 10.9. The van der Waals surface area contributed by atoms with Crippen LogP contribution in [0.15, 0.2) is 40.9 Å². The van der Waals surface area contributed by atoms with Gasteiger partial charge < -0.3 is 9.47 Å². The molecule has 0 heterocycles. The van der Waals surface area contributed by atoms with E-state index in [4.69, 9.17) is 9.47 Å². The molecule has 3 nitrogen and oxygen atoms in total. The Morgan fingerprint density at radius 1 is 1.31 bits per heavy atom. The third-order valence-electron chi connectivity index (χ3n) is 1.71. The van der Waals surface area contributed by atoms with Crippen molar-refractivity contribution >= 4 is 21.9 Å². The topological polar surface area (TPSA) is 35.5 Å². The SMILES string of the molecule is C/C=C/C(=O)OCCOc1ccc(Br)cc1. The highest BCUT2D eigenvalue weighted by Crippen LogP contribution is 2.15. The highest BCUT2D eigenvalue weighted by molar-refractivity contribution is 9.10. The van der Waals surface area contributed by atoms with Gasteiger partial charge in [-0.15, -0.1) is 0 Å². The maximum Gasteiger partial charge on any atom is 0.330 e. The van der Waals surface area contributed by atoms with Crippen LogP contribution in [0, 0.1) is 0 Å². The number of allylic oxidation sites excluding steroid dienone is 1. The van der Waals surface area contributed by atoms with Gasteiger partial charge in [0.25, 0.3) is 0 Å². The number of hydrogen-bond donors (Lipinski definition) is 0. The summed E-state index contributed by atoms with van der Waals surface area (Å²) in [4.78, 5) is 10.9. The summed E-state index contributed by atoms with van der Waals surface area (Å²) in [5, 5.41) is 0. The second-order valence-electron chi connectivity index (χ2n) is 2.97. The van der Waals surface area contributed by atoms with Crippen molar-refractivity contribution in [2.45, 2.75) is 6.92 Å². The second kappa shape index (κ2) is 7.06. The molecule has 0 atom stereocenters. The Kier molecular flexibility index (Phi) is 5.64. The van der Waals surface area contributed by atoms with E-state index in [1.807, 2.05) is 24.3 Å². The molecule has 1 rings (SSSR count). The van der Waals surface area contributed by atoms with E-state index in [2.05, 4.69) is 15.9 Å². The summed E-state index contributed by atoms with van der Waals surface area (Å²) in [7, 11) is 0. The fourth-order valence-electron chi connectivity index (χ4n) is 1.02. The molecule has 0 saturated heterocycles. The Labute approximate surface area is 103 Å². The third kappa shape index (κ3) is 4.98. The third-order valence-corrected chi connectivity index (χ3v) is 2.24. The van der Waals surface area contributed by atoms with E-state index in [1.54, 1.807) is 13.0 Å². The van der Waals surface area contributed by atoms with E-state index >= 15 is 0 Å². The van der Waals surface area contributed by atoms with Gasteiger partial charge in [0.1, 0.15) is 19.0 Å². The standard InChI is InChI=1S/C12H13BrO3/c1-2-3-12(14)16-9-8-15-11-6-4-10(13)5-7-11/h2-7H,8-9H2,1H3/b3-2+. The normalized spacial score (nSPS) is 10.4. The van der Waals surface area contributed by atoms with E-state index in [9.17, 15) is 4.79 Å². The number of halogens is 1. The van der Waals surface area contributed by atoms with Crippen molar-refractivity contribution in [3.05, 3.63) is 40.9 Å². The average molecular weight is 285 g/mol. The fourth-order valence-corrected chi connectivity index (χ4v) is 1.28. The van der Waals surface area contributed by atoms with Crippen LogP contribution in [0.2, 0.25) is 0 Å². The molecule has 1 aromatic rings. The summed E-state index contributed by atoms with van der Waals surface area (Å²) < 4.78 is 11.2.